The quantitative estimate of drug-likeness (QED) is 0.809. The molecule has 7 nitrogen and oxygen atoms in total. The van der Waals surface area contributed by atoms with Crippen LogP contribution in [0.25, 0.3) is 11.6 Å². The first-order valence-electron chi connectivity index (χ1n) is 8.49. The van der Waals surface area contributed by atoms with Crippen LogP contribution in [0.15, 0.2) is 23.0 Å². The highest BCUT2D eigenvalue weighted by Crippen LogP contribution is 2.24. The number of nitrogens with zero attached hydrogens (tertiary/aromatic N) is 5. The Hall–Kier alpha value is -2.31. The van der Waals surface area contributed by atoms with Gasteiger partial charge in [0.1, 0.15) is 0 Å². The molecule has 0 bridgehead atoms. The lowest BCUT2D eigenvalue weighted by atomic mass is 9.97. The van der Waals surface area contributed by atoms with Gasteiger partial charge in [-0.3, -0.25) is 4.79 Å². The van der Waals surface area contributed by atoms with Crippen LogP contribution in [-0.4, -0.2) is 44.0 Å². The van der Waals surface area contributed by atoms with E-state index in [0.29, 0.717) is 42.2 Å². The number of carbonyl (C=O) groups is 1. The van der Waals surface area contributed by atoms with Crippen molar-refractivity contribution in [3.05, 3.63) is 24.4 Å². The van der Waals surface area contributed by atoms with Crippen LogP contribution in [0.2, 0.25) is 0 Å². The van der Waals surface area contributed by atoms with Crippen molar-refractivity contribution in [1.82, 2.24) is 25.0 Å². The van der Waals surface area contributed by atoms with Gasteiger partial charge in [-0.2, -0.15) is 4.98 Å². The monoisotopic (exact) mass is 329 g/mol. The molecule has 2 aromatic rings. The van der Waals surface area contributed by atoms with Gasteiger partial charge in [0.05, 0.1) is 0 Å². The summed E-state index contributed by atoms with van der Waals surface area (Å²) in [6, 6.07) is 1.73. The third kappa shape index (κ3) is 4.15. The molecular formula is C17H23N5O2. The second kappa shape index (κ2) is 7.51. The van der Waals surface area contributed by atoms with E-state index in [1.807, 2.05) is 4.90 Å². The zero-order valence-corrected chi connectivity index (χ0v) is 14.2. The lowest BCUT2D eigenvalue weighted by molar-refractivity contribution is -0.130. The zero-order chi connectivity index (χ0) is 16.9. The van der Waals surface area contributed by atoms with E-state index in [1.165, 1.54) is 6.42 Å². The van der Waals surface area contributed by atoms with E-state index in [-0.39, 0.29) is 5.91 Å². The van der Waals surface area contributed by atoms with E-state index in [4.69, 9.17) is 4.52 Å². The Bertz CT molecular complexity index is 671. The molecule has 1 aliphatic heterocycles. The third-order valence-corrected chi connectivity index (χ3v) is 4.23. The fourth-order valence-corrected chi connectivity index (χ4v) is 3.15. The van der Waals surface area contributed by atoms with Gasteiger partial charge in [-0.05, 0) is 30.7 Å². The number of amides is 1. The summed E-state index contributed by atoms with van der Waals surface area (Å²) in [5, 5.41) is 3.87. The third-order valence-electron chi connectivity index (χ3n) is 4.23. The van der Waals surface area contributed by atoms with Crippen molar-refractivity contribution >= 4 is 5.91 Å². The van der Waals surface area contributed by atoms with E-state index >= 15 is 0 Å². The van der Waals surface area contributed by atoms with Gasteiger partial charge in [0.2, 0.25) is 23.4 Å². The molecule has 2 aromatic heterocycles. The minimum atomic E-state index is 0.164. The fraction of sp³-hybridized carbons (Fsp3) is 0.588. The Morgan fingerprint density at radius 2 is 2.12 bits per heavy atom. The topological polar surface area (TPSA) is 85.0 Å². The molecule has 0 aliphatic carbocycles. The summed E-state index contributed by atoms with van der Waals surface area (Å²) in [5.74, 6) is 2.72. The number of hydrogen-bond donors (Lipinski definition) is 0. The Kier molecular flexibility index (Phi) is 5.17. The standard InChI is InChI=1S/C17H23N5O2/c1-12(2)10-13-6-9-22(11-13)15(23)5-4-14-20-17(21-24-14)16-18-7-3-8-19-16/h3,7-8,12-13H,4-6,9-11H2,1-2H3. The van der Waals surface area contributed by atoms with Gasteiger partial charge in [0.25, 0.3) is 0 Å². The summed E-state index contributed by atoms with van der Waals surface area (Å²) >= 11 is 0. The van der Waals surface area contributed by atoms with Crippen LogP contribution in [0.4, 0.5) is 0 Å². The van der Waals surface area contributed by atoms with Crippen LogP contribution < -0.4 is 0 Å². The molecule has 0 spiro atoms. The highest BCUT2D eigenvalue weighted by atomic mass is 16.5. The number of aromatic nitrogens is 4. The van der Waals surface area contributed by atoms with E-state index in [9.17, 15) is 4.79 Å². The molecule has 0 radical (unpaired) electrons. The molecule has 1 fully saturated rings. The summed E-state index contributed by atoms with van der Waals surface area (Å²) in [7, 11) is 0. The minimum absolute atomic E-state index is 0.164. The van der Waals surface area contributed by atoms with E-state index in [1.54, 1.807) is 18.5 Å². The summed E-state index contributed by atoms with van der Waals surface area (Å²) in [4.78, 5) is 26.7. The molecule has 3 heterocycles. The SMILES string of the molecule is CC(C)CC1CCN(C(=O)CCc2nc(-c3ncccn3)no2)C1. The molecular weight excluding hydrogens is 306 g/mol. The first kappa shape index (κ1) is 16.5. The highest BCUT2D eigenvalue weighted by molar-refractivity contribution is 5.76. The van der Waals surface area contributed by atoms with Gasteiger partial charge >= 0.3 is 0 Å². The van der Waals surface area contributed by atoms with Gasteiger partial charge in [0.15, 0.2) is 0 Å². The van der Waals surface area contributed by atoms with Crippen LogP contribution in [0.5, 0.6) is 0 Å². The van der Waals surface area contributed by atoms with Gasteiger partial charge in [-0.1, -0.05) is 19.0 Å². The number of hydrogen-bond acceptors (Lipinski definition) is 6. The first-order valence-corrected chi connectivity index (χ1v) is 8.49. The molecule has 128 valence electrons. The summed E-state index contributed by atoms with van der Waals surface area (Å²) < 4.78 is 5.19. The lowest BCUT2D eigenvalue weighted by Crippen LogP contribution is -2.29. The Morgan fingerprint density at radius 3 is 2.88 bits per heavy atom. The van der Waals surface area contributed by atoms with Gasteiger partial charge in [0, 0.05) is 38.3 Å². The summed E-state index contributed by atoms with van der Waals surface area (Å²) in [6.07, 6.45) is 6.40. The maximum absolute atomic E-state index is 12.3. The van der Waals surface area contributed by atoms with E-state index < -0.39 is 0 Å². The molecule has 1 amide bonds. The molecule has 7 heteroatoms. The van der Waals surface area contributed by atoms with E-state index in [2.05, 4.69) is 34.0 Å². The Balaban J connectivity index is 1.50. The molecule has 24 heavy (non-hydrogen) atoms. The van der Waals surface area contributed by atoms with Crippen molar-refractivity contribution in [2.75, 3.05) is 13.1 Å². The Labute approximate surface area is 141 Å². The number of carbonyl (C=O) groups excluding carboxylic acids is 1. The number of likely N-dealkylation sites (tertiary alicyclic amines) is 1. The van der Waals surface area contributed by atoms with Crippen LogP contribution in [0.1, 0.15) is 39.0 Å². The minimum Gasteiger partial charge on any atom is -0.342 e. The first-order chi connectivity index (χ1) is 11.6. The molecule has 0 saturated carbocycles. The normalized spacial score (nSPS) is 17.6. The lowest BCUT2D eigenvalue weighted by Gasteiger charge is -2.17. The van der Waals surface area contributed by atoms with Crippen LogP contribution in [-0.2, 0) is 11.2 Å². The smallest absolute Gasteiger partial charge is 0.240 e. The second-order valence-electron chi connectivity index (χ2n) is 6.71. The van der Waals surface area contributed by atoms with Gasteiger partial charge in [-0.25, -0.2) is 9.97 Å². The van der Waals surface area contributed by atoms with Crippen molar-refractivity contribution in [2.45, 2.75) is 39.5 Å². The van der Waals surface area contributed by atoms with Crippen molar-refractivity contribution in [3.8, 4) is 11.6 Å². The highest BCUT2D eigenvalue weighted by Gasteiger charge is 2.26. The van der Waals surface area contributed by atoms with Gasteiger partial charge < -0.3 is 9.42 Å². The summed E-state index contributed by atoms with van der Waals surface area (Å²) in [5.41, 5.74) is 0. The van der Waals surface area contributed by atoms with Crippen molar-refractivity contribution < 1.29 is 9.32 Å². The number of aryl methyl sites for hydroxylation is 1. The average Bonchev–Trinajstić information content (AvgIpc) is 3.22. The van der Waals surface area contributed by atoms with Crippen LogP contribution in [0.3, 0.4) is 0 Å². The Morgan fingerprint density at radius 1 is 1.33 bits per heavy atom. The molecule has 1 saturated heterocycles. The second-order valence-corrected chi connectivity index (χ2v) is 6.71. The van der Waals surface area contributed by atoms with Crippen molar-refractivity contribution in [1.29, 1.82) is 0 Å². The van der Waals surface area contributed by atoms with Crippen LogP contribution >= 0.6 is 0 Å². The molecule has 1 aliphatic rings. The maximum atomic E-state index is 12.3. The fourth-order valence-electron chi connectivity index (χ4n) is 3.15. The molecule has 3 rings (SSSR count). The van der Waals surface area contributed by atoms with Crippen molar-refractivity contribution in [2.24, 2.45) is 11.8 Å². The largest absolute Gasteiger partial charge is 0.342 e. The van der Waals surface area contributed by atoms with Crippen molar-refractivity contribution in [3.63, 3.8) is 0 Å². The summed E-state index contributed by atoms with van der Waals surface area (Å²) in [6.45, 7) is 6.20. The average molecular weight is 329 g/mol. The predicted octanol–water partition coefficient (Wildman–Crippen LogP) is 2.35. The van der Waals surface area contributed by atoms with Gasteiger partial charge in [-0.15, -0.1) is 0 Å². The molecule has 0 N–H and O–H groups in total. The maximum Gasteiger partial charge on any atom is 0.240 e. The molecule has 1 unspecified atom stereocenters. The molecule has 0 aromatic carbocycles. The molecule has 1 atom stereocenters. The van der Waals surface area contributed by atoms with E-state index in [0.717, 1.165) is 19.5 Å². The number of rotatable bonds is 6. The predicted molar refractivity (Wildman–Crippen MR) is 87.8 cm³/mol. The zero-order valence-electron chi connectivity index (χ0n) is 14.2. The van der Waals surface area contributed by atoms with Crippen LogP contribution in [0, 0.1) is 11.8 Å².